The minimum Gasteiger partial charge on any atom is -0.374 e. The Morgan fingerprint density at radius 3 is 2.96 bits per heavy atom. The first-order chi connectivity index (χ1) is 12.1. The number of aromatic nitrogens is 5. The molecule has 7 nitrogen and oxygen atoms in total. The molecule has 1 aliphatic rings. The number of nitrogens with zero attached hydrogens (tertiary/aromatic N) is 5. The van der Waals surface area contributed by atoms with Crippen LogP contribution in [-0.4, -0.2) is 55.4 Å². The monoisotopic (exact) mass is 344 g/mol. The first-order valence-electron chi connectivity index (χ1n) is 8.43. The molecule has 25 heavy (non-hydrogen) atoms. The molecule has 0 bridgehead atoms. The third-order valence-electron chi connectivity index (χ3n) is 4.45. The molecule has 0 unspecified atom stereocenters. The molecule has 3 heterocycles. The quantitative estimate of drug-likeness (QED) is 0.781. The molecule has 1 atom stereocenters. The molecule has 1 fully saturated rings. The van der Waals surface area contributed by atoms with E-state index in [4.69, 9.17) is 4.74 Å². The van der Waals surface area contributed by atoms with Crippen molar-refractivity contribution in [1.82, 2.24) is 29.6 Å². The van der Waals surface area contributed by atoms with E-state index in [0.717, 1.165) is 36.1 Å². The predicted octanol–water partition coefficient (Wildman–Crippen LogP) is 1.81. The second kappa shape index (κ2) is 6.53. The number of nitrogens with one attached hydrogen (secondary N) is 1. The van der Waals surface area contributed by atoms with Crippen LogP contribution in [0.15, 0.2) is 18.2 Å². The topological polar surface area (TPSA) is 71.9 Å². The van der Waals surface area contributed by atoms with Crippen LogP contribution in [0.5, 0.6) is 0 Å². The zero-order chi connectivity index (χ0) is 17.4. The zero-order valence-corrected chi connectivity index (χ0v) is 14.4. The Morgan fingerprint density at radius 1 is 1.32 bits per heavy atom. The van der Waals surface area contributed by atoms with E-state index in [1.807, 2.05) is 24.6 Å². The van der Waals surface area contributed by atoms with Gasteiger partial charge in [0.05, 0.1) is 31.3 Å². The lowest BCUT2D eigenvalue weighted by Crippen LogP contribution is -2.44. The van der Waals surface area contributed by atoms with Gasteiger partial charge in [-0.3, -0.25) is 4.90 Å². The van der Waals surface area contributed by atoms with E-state index in [-0.39, 0.29) is 11.9 Å². The van der Waals surface area contributed by atoms with Crippen LogP contribution in [0.1, 0.15) is 17.5 Å². The summed E-state index contributed by atoms with van der Waals surface area (Å²) in [7, 11) is 0. The van der Waals surface area contributed by atoms with Crippen LogP contribution >= 0.6 is 0 Å². The normalized spacial score (nSPS) is 18.9. The number of hydrogen-bond donors (Lipinski definition) is 1. The molecule has 2 aromatic heterocycles. The molecule has 0 amide bonds. The first kappa shape index (κ1) is 16.2. The Balaban J connectivity index is 1.43. The summed E-state index contributed by atoms with van der Waals surface area (Å²) < 4.78 is 21.6. The summed E-state index contributed by atoms with van der Waals surface area (Å²) in [5, 5.41) is 4.40. The number of rotatable bonds is 4. The van der Waals surface area contributed by atoms with Gasteiger partial charge in [-0.15, -0.1) is 0 Å². The Labute approximate surface area is 144 Å². The van der Waals surface area contributed by atoms with Crippen LogP contribution in [-0.2, 0) is 17.8 Å². The van der Waals surface area contributed by atoms with Crippen molar-refractivity contribution in [2.45, 2.75) is 33.0 Å². The second-order valence-corrected chi connectivity index (χ2v) is 6.44. The van der Waals surface area contributed by atoms with Crippen LogP contribution in [0, 0.1) is 19.7 Å². The smallest absolute Gasteiger partial charge is 0.151 e. The summed E-state index contributed by atoms with van der Waals surface area (Å²) in [6.07, 6.45) is 0.0506. The minimum absolute atomic E-state index is 0.0506. The van der Waals surface area contributed by atoms with E-state index in [0.29, 0.717) is 25.2 Å². The van der Waals surface area contributed by atoms with Gasteiger partial charge in [0, 0.05) is 13.1 Å². The fourth-order valence-electron chi connectivity index (χ4n) is 3.30. The third-order valence-corrected chi connectivity index (χ3v) is 4.45. The van der Waals surface area contributed by atoms with Crippen molar-refractivity contribution in [3.63, 3.8) is 0 Å². The van der Waals surface area contributed by atoms with Gasteiger partial charge in [0.2, 0.25) is 0 Å². The first-order valence-corrected chi connectivity index (χ1v) is 8.43. The van der Waals surface area contributed by atoms with Gasteiger partial charge >= 0.3 is 0 Å². The fraction of sp³-hybridized carbons (Fsp3) is 0.471. The van der Waals surface area contributed by atoms with Crippen molar-refractivity contribution in [2.24, 2.45) is 0 Å². The molecule has 4 rings (SSSR count). The summed E-state index contributed by atoms with van der Waals surface area (Å²) in [5.74, 6) is 2.14. The van der Waals surface area contributed by atoms with E-state index in [1.54, 1.807) is 6.07 Å². The SMILES string of the molecule is Cc1nc(C)n(C[C@H]2CN(Cc3nc4c(F)cccc4[nH]3)CCO2)n1. The maximum absolute atomic E-state index is 13.8. The number of halogens is 1. The predicted molar refractivity (Wildman–Crippen MR) is 90.6 cm³/mol. The number of ether oxygens (including phenoxy) is 1. The van der Waals surface area contributed by atoms with Crippen LogP contribution in [0.2, 0.25) is 0 Å². The molecule has 1 N–H and O–H groups in total. The van der Waals surface area contributed by atoms with E-state index in [1.165, 1.54) is 6.07 Å². The lowest BCUT2D eigenvalue weighted by Gasteiger charge is -2.32. The molecule has 3 aromatic rings. The fourth-order valence-corrected chi connectivity index (χ4v) is 3.30. The van der Waals surface area contributed by atoms with Gasteiger partial charge in [-0.25, -0.2) is 19.0 Å². The largest absolute Gasteiger partial charge is 0.374 e. The zero-order valence-electron chi connectivity index (χ0n) is 14.4. The lowest BCUT2D eigenvalue weighted by atomic mass is 10.2. The standard InChI is InChI=1S/C17H21FN6O/c1-11-19-12(2)24(22-11)9-13-8-23(6-7-25-13)10-16-20-15-5-3-4-14(18)17(15)21-16/h3-5,13H,6-10H2,1-2H3,(H,20,21)/t13-/m1/s1. The van der Waals surface area contributed by atoms with Crippen LogP contribution < -0.4 is 0 Å². The maximum atomic E-state index is 13.8. The number of hydrogen-bond acceptors (Lipinski definition) is 5. The highest BCUT2D eigenvalue weighted by Crippen LogP contribution is 2.17. The number of para-hydroxylation sites is 1. The van der Waals surface area contributed by atoms with Gasteiger partial charge in [0.25, 0.3) is 0 Å². The molecule has 1 saturated heterocycles. The summed E-state index contributed by atoms with van der Waals surface area (Å²) in [6.45, 7) is 7.41. The van der Waals surface area contributed by atoms with E-state index < -0.39 is 0 Å². The average Bonchev–Trinajstić information content (AvgIpc) is 3.11. The van der Waals surface area contributed by atoms with Crippen molar-refractivity contribution in [3.05, 3.63) is 41.5 Å². The van der Waals surface area contributed by atoms with Crippen LogP contribution in [0.3, 0.4) is 0 Å². The van der Waals surface area contributed by atoms with Crippen molar-refractivity contribution in [3.8, 4) is 0 Å². The van der Waals surface area contributed by atoms with Gasteiger partial charge < -0.3 is 9.72 Å². The third kappa shape index (κ3) is 3.40. The molecule has 0 aliphatic carbocycles. The molecule has 0 spiro atoms. The number of fused-ring (bicyclic) bond motifs is 1. The van der Waals surface area contributed by atoms with Gasteiger partial charge in [-0.1, -0.05) is 6.07 Å². The van der Waals surface area contributed by atoms with Crippen LogP contribution in [0.4, 0.5) is 4.39 Å². The van der Waals surface area contributed by atoms with Gasteiger partial charge in [0.15, 0.2) is 5.82 Å². The highest BCUT2D eigenvalue weighted by molar-refractivity contribution is 5.75. The number of aryl methyl sites for hydroxylation is 2. The summed E-state index contributed by atoms with van der Waals surface area (Å²) >= 11 is 0. The Hall–Kier alpha value is -2.32. The molecular weight excluding hydrogens is 323 g/mol. The van der Waals surface area contributed by atoms with Crippen LogP contribution in [0.25, 0.3) is 11.0 Å². The van der Waals surface area contributed by atoms with Gasteiger partial charge in [-0.05, 0) is 26.0 Å². The minimum atomic E-state index is -0.295. The number of aromatic amines is 1. The lowest BCUT2D eigenvalue weighted by molar-refractivity contribution is -0.0411. The van der Waals surface area contributed by atoms with Crippen molar-refractivity contribution >= 4 is 11.0 Å². The molecule has 1 aromatic carbocycles. The van der Waals surface area contributed by atoms with Gasteiger partial charge in [0.1, 0.15) is 23.0 Å². The Morgan fingerprint density at radius 2 is 2.20 bits per heavy atom. The summed E-state index contributed by atoms with van der Waals surface area (Å²) in [4.78, 5) is 14.2. The van der Waals surface area contributed by atoms with Crippen molar-refractivity contribution in [2.75, 3.05) is 19.7 Å². The molecular formula is C17H21FN6O. The highest BCUT2D eigenvalue weighted by atomic mass is 19.1. The summed E-state index contributed by atoms with van der Waals surface area (Å²) in [5.41, 5.74) is 1.13. The van der Waals surface area contributed by atoms with Crippen molar-refractivity contribution in [1.29, 1.82) is 0 Å². The van der Waals surface area contributed by atoms with E-state index in [2.05, 4.69) is 25.0 Å². The molecule has 0 saturated carbocycles. The number of benzene rings is 1. The molecule has 0 radical (unpaired) electrons. The number of morpholine rings is 1. The van der Waals surface area contributed by atoms with Crippen molar-refractivity contribution < 1.29 is 9.13 Å². The Bertz CT molecular complexity index is 889. The molecule has 1 aliphatic heterocycles. The molecule has 8 heteroatoms. The maximum Gasteiger partial charge on any atom is 0.151 e. The van der Waals surface area contributed by atoms with Gasteiger partial charge in [-0.2, -0.15) is 5.10 Å². The highest BCUT2D eigenvalue weighted by Gasteiger charge is 2.23. The Kier molecular flexibility index (Phi) is 4.22. The summed E-state index contributed by atoms with van der Waals surface area (Å²) in [6, 6.07) is 4.96. The average molecular weight is 344 g/mol. The second-order valence-electron chi connectivity index (χ2n) is 6.44. The van der Waals surface area contributed by atoms with E-state index >= 15 is 0 Å². The number of H-pyrrole nitrogens is 1. The van der Waals surface area contributed by atoms with E-state index in [9.17, 15) is 4.39 Å². The molecule has 132 valence electrons. The number of imidazole rings is 1.